The van der Waals surface area contributed by atoms with Gasteiger partial charge in [0, 0.05) is 45.1 Å². The van der Waals surface area contributed by atoms with E-state index in [-0.39, 0.29) is 30.3 Å². The maximum Gasteiger partial charge on any atom is 0.223 e. The third kappa shape index (κ3) is 5.69. The van der Waals surface area contributed by atoms with E-state index in [9.17, 15) is 9.59 Å². The molecule has 0 aromatic rings. The predicted octanol–water partition coefficient (Wildman–Crippen LogP) is 0.535. The van der Waals surface area contributed by atoms with Crippen molar-refractivity contribution in [1.29, 1.82) is 0 Å². The van der Waals surface area contributed by atoms with Crippen LogP contribution >= 0.6 is 12.4 Å². The fourth-order valence-corrected chi connectivity index (χ4v) is 1.93. The summed E-state index contributed by atoms with van der Waals surface area (Å²) >= 11 is 0. The lowest BCUT2D eigenvalue weighted by molar-refractivity contribution is -0.136. The van der Waals surface area contributed by atoms with Gasteiger partial charge in [0.1, 0.15) is 0 Å². The van der Waals surface area contributed by atoms with Crippen molar-refractivity contribution in [2.75, 3.05) is 26.2 Å². The van der Waals surface area contributed by atoms with Crippen LogP contribution in [0.2, 0.25) is 0 Å². The molecule has 0 aromatic carbocycles. The number of hydrogen-bond acceptors (Lipinski definition) is 3. The molecule has 5 nitrogen and oxygen atoms in total. The molecule has 1 aliphatic rings. The Bertz CT molecular complexity index is 274. The molecule has 18 heavy (non-hydrogen) atoms. The summed E-state index contributed by atoms with van der Waals surface area (Å²) in [5, 5.41) is 6.02. The third-order valence-corrected chi connectivity index (χ3v) is 2.96. The van der Waals surface area contributed by atoms with Crippen molar-refractivity contribution < 1.29 is 9.59 Å². The average molecular weight is 278 g/mol. The Kier molecular flexibility index (Phi) is 8.75. The van der Waals surface area contributed by atoms with Crippen LogP contribution in [0.4, 0.5) is 0 Å². The molecule has 0 saturated carbocycles. The second kappa shape index (κ2) is 9.16. The van der Waals surface area contributed by atoms with Gasteiger partial charge in [0.25, 0.3) is 0 Å². The summed E-state index contributed by atoms with van der Waals surface area (Å²) in [6.45, 7) is 7.16. The second-order valence-corrected chi connectivity index (χ2v) is 4.49. The summed E-state index contributed by atoms with van der Waals surface area (Å²) in [5.74, 6) is 0.0636. The molecule has 0 radical (unpaired) electrons. The maximum atomic E-state index is 11.9. The molecule has 106 valence electrons. The number of nitrogens with zero attached hydrogens (tertiary/aromatic N) is 1. The van der Waals surface area contributed by atoms with Crippen LogP contribution in [-0.4, -0.2) is 48.9 Å². The van der Waals surface area contributed by atoms with E-state index < -0.39 is 0 Å². The number of carbonyl (C=O) groups is 2. The molecule has 1 unspecified atom stereocenters. The topological polar surface area (TPSA) is 61.4 Å². The summed E-state index contributed by atoms with van der Waals surface area (Å²) in [5.41, 5.74) is 0. The molecular formula is C12H24ClN3O2. The Morgan fingerprint density at radius 1 is 1.39 bits per heavy atom. The number of halogens is 1. The fourth-order valence-electron chi connectivity index (χ4n) is 1.93. The van der Waals surface area contributed by atoms with Gasteiger partial charge in [-0.05, 0) is 13.3 Å². The highest BCUT2D eigenvalue weighted by Gasteiger charge is 2.22. The van der Waals surface area contributed by atoms with E-state index in [1.807, 2.05) is 18.7 Å². The molecule has 2 amide bonds. The quantitative estimate of drug-likeness (QED) is 0.771. The summed E-state index contributed by atoms with van der Waals surface area (Å²) in [6.07, 6.45) is 1.55. The Labute approximate surface area is 115 Å². The van der Waals surface area contributed by atoms with Crippen LogP contribution in [0.25, 0.3) is 0 Å². The molecule has 0 spiro atoms. The van der Waals surface area contributed by atoms with Crippen LogP contribution in [0.15, 0.2) is 0 Å². The predicted molar refractivity (Wildman–Crippen MR) is 73.8 cm³/mol. The molecule has 1 heterocycles. The maximum absolute atomic E-state index is 11.9. The summed E-state index contributed by atoms with van der Waals surface area (Å²) < 4.78 is 0. The van der Waals surface area contributed by atoms with Gasteiger partial charge in [-0.25, -0.2) is 0 Å². The zero-order valence-electron chi connectivity index (χ0n) is 11.2. The minimum atomic E-state index is -0.0250. The number of carbonyl (C=O) groups excluding carboxylic acids is 2. The molecule has 2 N–H and O–H groups in total. The van der Waals surface area contributed by atoms with Crippen molar-refractivity contribution in [1.82, 2.24) is 15.5 Å². The molecule has 0 aromatic heterocycles. The van der Waals surface area contributed by atoms with E-state index in [4.69, 9.17) is 0 Å². The van der Waals surface area contributed by atoms with Gasteiger partial charge < -0.3 is 15.5 Å². The molecule has 0 bridgehead atoms. The number of rotatable bonds is 5. The van der Waals surface area contributed by atoms with E-state index in [2.05, 4.69) is 10.6 Å². The zero-order valence-corrected chi connectivity index (χ0v) is 12.0. The van der Waals surface area contributed by atoms with Gasteiger partial charge in [-0.2, -0.15) is 0 Å². The zero-order chi connectivity index (χ0) is 12.7. The highest BCUT2D eigenvalue weighted by atomic mass is 35.5. The van der Waals surface area contributed by atoms with Crippen molar-refractivity contribution in [3.8, 4) is 0 Å². The molecule has 1 saturated heterocycles. The largest absolute Gasteiger partial charge is 0.356 e. The molecular weight excluding hydrogens is 254 g/mol. The first-order valence-electron chi connectivity index (χ1n) is 6.42. The first-order chi connectivity index (χ1) is 8.15. The SMILES string of the molecule is CCCNC(=O)CCC(=O)N1CCNCC1C.Cl. The normalized spacial score (nSPS) is 19.0. The van der Waals surface area contributed by atoms with Crippen LogP contribution in [0.1, 0.15) is 33.1 Å². The Balaban J connectivity index is 0.00000289. The highest BCUT2D eigenvalue weighted by molar-refractivity contribution is 5.85. The molecule has 0 aliphatic carbocycles. The average Bonchev–Trinajstić information content (AvgIpc) is 2.34. The Morgan fingerprint density at radius 3 is 2.72 bits per heavy atom. The van der Waals surface area contributed by atoms with Crippen LogP contribution < -0.4 is 10.6 Å². The Hall–Kier alpha value is -0.810. The van der Waals surface area contributed by atoms with Crippen molar-refractivity contribution in [3.05, 3.63) is 0 Å². The van der Waals surface area contributed by atoms with Crippen molar-refractivity contribution >= 4 is 24.2 Å². The van der Waals surface area contributed by atoms with Crippen LogP contribution in [-0.2, 0) is 9.59 Å². The van der Waals surface area contributed by atoms with Crippen molar-refractivity contribution in [3.63, 3.8) is 0 Å². The second-order valence-electron chi connectivity index (χ2n) is 4.49. The van der Waals surface area contributed by atoms with Gasteiger partial charge in [0.2, 0.25) is 11.8 Å². The minimum absolute atomic E-state index is 0. The fraction of sp³-hybridized carbons (Fsp3) is 0.833. The number of nitrogens with one attached hydrogen (secondary N) is 2. The van der Waals surface area contributed by atoms with Crippen LogP contribution in [0.5, 0.6) is 0 Å². The van der Waals surface area contributed by atoms with E-state index in [0.29, 0.717) is 19.4 Å². The smallest absolute Gasteiger partial charge is 0.223 e. The van der Waals surface area contributed by atoms with Crippen molar-refractivity contribution in [2.45, 2.75) is 39.2 Å². The Morgan fingerprint density at radius 2 is 2.11 bits per heavy atom. The van der Waals surface area contributed by atoms with E-state index >= 15 is 0 Å². The lowest BCUT2D eigenvalue weighted by Gasteiger charge is -2.34. The molecule has 1 rings (SSSR count). The molecule has 6 heteroatoms. The standard InChI is InChI=1S/C12H23N3O2.ClH/c1-3-6-14-11(16)4-5-12(17)15-8-7-13-9-10(15)2;/h10,13H,3-9H2,1-2H3,(H,14,16);1H. The first kappa shape index (κ1) is 17.2. The molecule has 1 fully saturated rings. The summed E-state index contributed by atoms with van der Waals surface area (Å²) in [6, 6.07) is 0.231. The number of piperazine rings is 1. The molecule has 1 atom stereocenters. The van der Waals surface area contributed by atoms with Gasteiger partial charge in [0.15, 0.2) is 0 Å². The van der Waals surface area contributed by atoms with Crippen LogP contribution in [0, 0.1) is 0 Å². The van der Waals surface area contributed by atoms with Gasteiger partial charge in [-0.3, -0.25) is 9.59 Å². The van der Waals surface area contributed by atoms with Crippen molar-refractivity contribution in [2.24, 2.45) is 0 Å². The first-order valence-corrected chi connectivity index (χ1v) is 6.42. The van der Waals surface area contributed by atoms with Gasteiger partial charge in [-0.15, -0.1) is 12.4 Å². The van der Waals surface area contributed by atoms with Gasteiger partial charge in [-0.1, -0.05) is 6.92 Å². The van der Waals surface area contributed by atoms with Gasteiger partial charge in [0.05, 0.1) is 0 Å². The monoisotopic (exact) mass is 277 g/mol. The lowest BCUT2D eigenvalue weighted by Crippen LogP contribution is -2.52. The molecule has 1 aliphatic heterocycles. The van der Waals surface area contributed by atoms with E-state index in [1.54, 1.807) is 0 Å². The number of hydrogen-bond donors (Lipinski definition) is 2. The lowest BCUT2D eigenvalue weighted by atomic mass is 10.2. The van der Waals surface area contributed by atoms with Crippen LogP contribution in [0.3, 0.4) is 0 Å². The third-order valence-electron chi connectivity index (χ3n) is 2.96. The van der Waals surface area contributed by atoms with Gasteiger partial charge >= 0.3 is 0 Å². The van der Waals surface area contributed by atoms with E-state index in [0.717, 1.165) is 26.1 Å². The summed E-state index contributed by atoms with van der Waals surface area (Å²) in [7, 11) is 0. The summed E-state index contributed by atoms with van der Waals surface area (Å²) in [4.78, 5) is 25.1. The number of amides is 2. The minimum Gasteiger partial charge on any atom is -0.356 e. The highest BCUT2D eigenvalue weighted by Crippen LogP contribution is 2.06. The van der Waals surface area contributed by atoms with E-state index in [1.165, 1.54) is 0 Å².